The number of aromatic nitrogens is 2. The number of benzene rings is 1. The molecule has 0 aliphatic heterocycles. The van der Waals surface area contributed by atoms with Gasteiger partial charge in [0.2, 0.25) is 0 Å². The van der Waals surface area contributed by atoms with E-state index in [0.717, 1.165) is 16.9 Å². The Hall–Kier alpha value is -2.93. The van der Waals surface area contributed by atoms with Gasteiger partial charge < -0.3 is 9.84 Å². The topological polar surface area (TPSA) is 88.5 Å². The van der Waals surface area contributed by atoms with Crippen molar-refractivity contribution < 1.29 is 14.6 Å². The van der Waals surface area contributed by atoms with Crippen LogP contribution in [0, 0.1) is 13.8 Å². The van der Waals surface area contributed by atoms with Gasteiger partial charge in [0, 0.05) is 12.3 Å². The van der Waals surface area contributed by atoms with E-state index < -0.39 is 5.97 Å². The molecule has 0 spiro atoms. The molecule has 1 aromatic carbocycles. The van der Waals surface area contributed by atoms with Crippen LogP contribution >= 0.6 is 11.6 Å². The summed E-state index contributed by atoms with van der Waals surface area (Å²) in [4.78, 5) is 15.7. The zero-order valence-corrected chi connectivity index (χ0v) is 14.6. The van der Waals surface area contributed by atoms with E-state index >= 15 is 0 Å². The second-order valence-corrected chi connectivity index (χ2v) is 5.87. The van der Waals surface area contributed by atoms with Crippen molar-refractivity contribution in [1.82, 2.24) is 9.38 Å². The first-order valence-corrected chi connectivity index (χ1v) is 7.76. The van der Waals surface area contributed by atoms with Gasteiger partial charge in [0.15, 0.2) is 5.82 Å². The van der Waals surface area contributed by atoms with E-state index in [4.69, 9.17) is 21.4 Å². The Morgan fingerprint density at radius 1 is 1.28 bits per heavy atom. The molecule has 7 nitrogen and oxygen atoms in total. The number of methoxy groups -OCH3 is 1. The Bertz CT molecular complexity index is 1010. The molecule has 0 saturated heterocycles. The van der Waals surface area contributed by atoms with Crippen LogP contribution in [-0.4, -0.2) is 27.6 Å². The first kappa shape index (κ1) is 16.9. The fourth-order valence-electron chi connectivity index (χ4n) is 2.43. The fraction of sp³-hybridized carbons (Fsp3) is 0.176. The molecule has 25 heavy (non-hydrogen) atoms. The second-order valence-electron chi connectivity index (χ2n) is 5.46. The zero-order chi connectivity index (χ0) is 18.1. The number of carbonyl (C=O) groups is 1. The number of aromatic carboxylic acids is 1. The second kappa shape index (κ2) is 6.52. The van der Waals surface area contributed by atoms with Crippen molar-refractivity contribution >= 4 is 34.7 Å². The standard InChI is InChI=1S/C17H15ClN4O3/c1-9-4-5-22-15(6-9)19-10(2)16(22)21-20-13-8-14(25-3)11(17(23)24)7-12(13)18/h4-8H,1-3H3,(H,23,24). The van der Waals surface area contributed by atoms with Gasteiger partial charge >= 0.3 is 5.97 Å². The van der Waals surface area contributed by atoms with Crippen molar-refractivity contribution in [3.05, 3.63) is 52.3 Å². The number of carboxylic acid groups (broad SMARTS) is 1. The number of aryl methyl sites for hydroxylation is 2. The first-order chi connectivity index (χ1) is 11.9. The van der Waals surface area contributed by atoms with Crippen LogP contribution < -0.4 is 4.74 Å². The van der Waals surface area contributed by atoms with E-state index in [-0.39, 0.29) is 16.3 Å². The Labute approximate surface area is 148 Å². The van der Waals surface area contributed by atoms with Gasteiger partial charge in [-0.2, -0.15) is 0 Å². The number of ether oxygens (including phenoxy) is 1. The van der Waals surface area contributed by atoms with Gasteiger partial charge in [-0.1, -0.05) is 11.6 Å². The van der Waals surface area contributed by atoms with Gasteiger partial charge in [0.05, 0.1) is 17.8 Å². The predicted molar refractivity (Wildman–Crippen MR) is 93.8 cm³/mol. The lowest BCUT2D eigenvalue weighted by Gasteiger charge is -2.06. The van der Waals surface area contributed by atoms with Gasteiger partial charge in [-0.25, -0.2) is 9.78 Å². The molecule has 0 unspecified atom stereocenters. The summed E-state index contributed by atoms with van der Waals surface area (Å²) in [5.74, 6) is -0.390. The Kier molecular flexibility index (Phi) is 4.41. The third-order valence-electron chi connectivity index (χ3n) is 3.68. The third-order valence-corrected chi connectivity index (χ3v) is 3.98. The molecule has 8 heteroatoms. The van der Waals surface area contributed by atoms with Crippen LogP contribution in [0.15, 0.2) is 40.7 Å². The maximum atomic E-state index is 11.2. The number of halogens is 1. The van der Waals surface area contributed by atoms with Gasteiger partial charge in [0.1, 0.15) is 22.6 Å². The molecule has 0 fully saturated rings. The number of rotatable bonds is 4. The Balaban J connectivity index is 2.06. The molecule has 128 valence electrons. The van der Waals surface area contributed by atoms with Crippen LogP contribution in [0.5, 0.6) is 5.75 Å². The lowest BCUT2D eigenvalue weighted by atomic mass is 10.2. The smallest absolute Gasteiger partial charge is 0.339 e. The zero-order valence-electron chi connectivity index (χ0n) is 13.8. The van der Waals surface area contributed by atoms with E-state index in [1.165, 1.54) is 19.2 Å². The molecular formula is C17H15ClN4O3. The first-order valence-electron chi connectivity index (χ1n) is 7.38. The van der Waals surface area contributed by atoms with Crippen LogP contribution in [-0.2, 0) is 0 Å². The molecular weight excluding hydrogens is 344 g/mol. The summed E-state index contributed by atoms with van der Waals surface area (Å²) < 4.78 is 6.91. The van der Waals surface area contributed by atoms with Crippen molar-refractivity contribution in [3.63, 3.8) is 0 Å². The third kappa shape index (κ3) is 3.18. The van der Waals surface area contributed by atoms with E-state index in [0.29, 0.717) is 11.5 Å². The van der Waals surface area contributed by atoms with Gasteiger partial charge in [-0.05, 0) is 37.6 Å². The number of azo groups is 1. The minimum Gasteiger partial charge on any atom is -0.496 e. The highest BCUT2D eigenvalue weighted by Crippen LogP contribution is 2.34. The lowest BCUT2D eigenvalue weighted by molar-refractivity contribution is 0.0693. The van der Waals surface area contributed by atoms with E-state index in [9.17, 15) is 4.79 Å². The van der Waals surface area contributed by atoms with Crippen LogP contribution in [0.3, 0.4) is 0 Å². The maximum absolute atomic E-state index is 11.2. The van der Waals surface area contributed by atoms with E-state index in [2.05, 4.69) is 15.2 Å². The minimum atomic E-state index is -1.13. The van der Waals surface area contributed by atoms with E-state index in [1.54, 1.807) is 0 Å². The molecule has 1 N–H and O–H groups in total. The largest absolute Gasteiger partial charge is 0.496 e. The summed E-state index contributed by atoms with van der Waals surface area (Å²) >= 11 is 6.13. The van der Waals surface area contributed by atoms with Gasteiger partial charge in [0.25, 0.3) is 0 Å². The average molecular weight is 359 g/mol. The molecule has 0 aliphatic rings. The molecule has 2 heterocycles. The predicted octanol–water partition coefficient (Wildman–Crippen LogP) is 4.73. The molecule has 0 amide bonds. The normalized spacial score (nSPS) is 11.4. The van der Waals surface area contributed by atoms with Crippen molar-refractivity contribution in [2.45, 2.75) is 13.8 Å². The van der Waals surface area contributed by atoms with Crippen molar-refractivity contribution in [2.75, 3.05) is 7.11 Å². The molecule has 2 aromatic heterocycles. The molecule has 0 saturated carbocycles. The van der Waals surface area contributed by atoms with Crippen LogP contribution in [0.4, 0.5) is 11.5 Å². The van der Waals surface area contributed by atoms with Crippen LogP contribution in [0.2, 0.25) is 5.02 Å². The molecule has 3 aromatic rings. The monoisotopic (exact) mass is 358 g/mol. The SMILES string of the molecule is COc1cc(N=Nc2c(C)nc3cc(C)ccn23)c(Cl)cc1C(=O)O. The van der Waals surface area contributed by atoms with Gasteiger partial charge in [-0.3, -0.25) is 4.40 Å². The lowest BCUT2D eigenvalue weighted by Crippen LogP contribution is -2.00. The highest BCUT2D eigenvalue weighted by molar-refractivity contribution is 6.33. The summed E-state index contributed by atoms with van der Waals surface area (Å²) in [5, 5.41) is 17.7. The van der Waals surface area contributed by atoms with Crippen molar-refractivity contribution in [3.8, 4) is 5.75 Å². The maximum Gasteiger partial charge on any atom is 0.339 e. The Morgan fingerprint density at radius 2 is 2.04 bits per heavy atom. The summed E-state index contributed by atoms with van der Waals surface area (Å²) in [5.41, 5.74) is 2.87. The number of imidazole rings is 1. The average Bonchev–Trinajstić information content (AvgIpc) is 2.87. The van der Waals surface area contributed by atoms with Crippen molar-refractivity contribution in [1.29, 1.82) is 0 Å². The fourth-order valence-corrected chi connectivity index (χ4v) is 2.63. The number of fused-ring (bicyclic) bond motifs is 1. The summed E-state index contributed by atoms with van der Waals surface area (Å²) in [6.45, 7) is 3.83. The number of hydrogen-bond donors (Lipinski definition) is 1. The Morgan fingerprint density at radius 3 is 2.72 bits per heavy atom. The summed E-state index contributed by atoms with van der Waals surface area (Å²) in [6, 6.07) is 6.63. The number of pyridine rings is 1. The summed E-state index contributed by atoms with van der Waals surface area (Å²) in [6.07, 6.45) is 1.87. The van der Waals surface area contributed by atoms with Crippen molar-refractivity contribution in [2.24, 2.45) is 10.2 Å². The minimum absolute atomic E-state index is 0.0343. The van der Waals surface area contributed by atoms with Crippen LogP contribution in [0.25, 0.3) is 5.65 Å². The summed E-state index contributed by atoms with van der Waals surface area (Å²) in [7, 11) is 1.38. The molecule has 3 rings (SSSR count). The van der Waals surface area contributed by atoms with Gasteiger partial charge in [-0.15, -0.1) is 10.2 Å². The number of carboxylic acids is 1. The molecule has 0 aliphatic carbocycles. The quantitative estimate of drug-likeness (QED) is 0.683. The highest BCUT2D eigenvalue weighted by atomic mass is 35.5. The van der Waals surface area contributed by atoms with E-state index in [1.807, 2.05) is 36.6 Å². The number of nitrogens with zero attached hydrogens (tertiary/aromatic N) is 4. The molecule has 0 bridgehead atoms. The molecule has 0 radical (unpaired) electrons. The highest BCUT2D eigenvalue weighted by Gasteiger charge is 2.15. The number of hydrogen-bond acceptors (Lipinski definition) is 5. The molecule has 0 atom stereocenters. The van der Waals surface area contributed by atoms with Crippen LogP contribution in [0.1, 0.15) is 21.6 Å².